The van der Waals surface area contributed by atoms with Crippen LogP contribution in [0.3, 0.4) is 0 Å². The van der Waals surface area contributed by atoms with Gasteiger partial charge in [-0.15, -0.1) is 5.10 Å². The number of rotatable bonds is 6. The minimum atomic E-state index is -3.64. The standard InChI is InChI=1S/C22H22Cl2N4O4S/c1-28(16-5-3-2-4-6-16)33(30,31)17-10-7-14(8-11-17)20(29)25-22-27-26-21(32-22)18-12-9-15(23)13-19(18)24/h7-13,16H,2-6H2,1H3,(H,25,27,29). The number of nitrogens with zero attached hydrogens (tertiary/aromatic N) is 3. The van der Waals surface area contributed by atoms with E-state index in [2.05, 4.69) is 15.5 Å². The molecular weight excluding hydrogens is 487 g/mol. The predicted molar refractivity (Wildman–Crippen MR) is 126 cm³/mol. The minimum absolute atomic E-state index is 0.00703. The Kier molecular flexibility index (Phi) is 7.04. The Bertz CT molecular complexity index is 1260. The summed E-state index contributed by atoms with van der Waals surface area (Å²) in [5, 5.41) is 11.0. The molecule has 0 atom stereocenters. The fourth-order valence-corrected chi connectivity index (χ4v) is 5.71. The molecule has 1 saturated carbocycles. The largest absolute Gasteiger partial charge is 0.403 e. The van der Waals surface area contributed by atoms with Gasteiger partial charge in [0.25, 0.3) is 11.8 Å². The number of halogens is 2. The van der Waals surface area contributed by atoms with Gasteiger partial charge in [-0.25, -0.2) is 8.42 Å². The van der Waals surface area contributed by atoms with E-state index in [-0.39, 0.29) is 28.4 Å². The first-order valence-electron chi connectivity index (χ1n) is 10.4. The van der Waals surface area contributed by atoms with Gasteiger partial charge in [-0.05, 0) is 55.3 Å². The maximum atomic E-state index is 13.0. The van der Waals surface area contributed by atoms with Crippen LogP contribution in [0.15, 0.2) is 51.8 Å². The Hall–Kier alpha value is -2.46. The first kappa shape index (κ1) is 23.7. The zero-order chi connectivity index (χ0) is 23.6. The summed E-state index contributed by atoms with van der Waals surface area (Å²) in [5.41, 5.74) is 0.726. The molecule has 1 aliphatic rings. The highest BCUT2D eigenvalue weighted by molar-refractivity contribution is 7.89. The summed E-state index contributed by atoms with van der Waals surface area (Å²) in [6, 6.07) is 10.4. The molecule has 33 heavy (non-hydrogen) atoms. The lowest BCUT2D eigenvalue weighted by atomic mass is 9.96. The van der Waals surface area contributed by atoms with Crippen LogP contribution in [0.4, 0.5) is 6.01 Å². The van der Waals surface area contributed by atoms with Crippen LogP contribution in [0.25, 0.3) is 11.5 Å². The van der Waals surface area contributed by atoms with E-state index in [1.807, 2.05) is 0 Å². The first-order chi connectivity index (χ1) is 15.8. The average Bonchev–Trinajstić information content (AvgIpc) is 3.27. The van der Waals surface area contributed by atoms with Gasteiger partial charge in [0, 0.05) is 23.7 Å². The van der Waals surface area contributed by atoms with Crippen LogP contribution in [0.5, 0.6) is 0 Å². The Morgan fingerprint density at radius 3 is 2.42 bits per heavy atom. The van der Waals surface area contributed by atoms with Crippen molar-refractivity contribution in [2.24, 2.45) is 0 Å². The second kappa shape index (κ2) is 9.80. The van der Waals surface area contributed by atoms with Crippen LogP contribution < -0.4 is 5.32 Å². The molecule has 1 amide bonds. The minimum Gasteiger partial charge on any atom is -0.403 e. The van der Waals surface area contributed by atoms with E-state index in [1.54, 1.807) is 25.2 Å². The van der Waals surface area contributed by atoms with E-state index in [4.69, 9.17) is 27.6 Å². The molecule has 2 aromatic carbocycles. The van der Waals surface area contributed by atoms with Crippen molar-refractivity contribution in [3.05, 3.63) is 58.1 Å². The number of carbonyl (C=O) groups is 1. The zero-order valence-corrected chi connectivity index (χ0v) is 20.1. The maximum Gasteiger partial charge on any atom is 0.322 e. The molecule has 1 heterocycles. The number of sulfonamides is 1. The molecule has 0 aliphatic heterocycles. The summed E-state index contributed by atoms with van der Waals surface area (Å²) in [6.45, 7) is 0. The molecule has 1 aromatic heterocycles. The van der Waals surface area contributed by atoms with Gasteiger partial charge in [0.15, 0.2) is 0 Å². The van der Waals surface area contributed by atoms with Crippen LogP contribution in [-0.2, 0) is 10.0 Å². The first-order valence-corrected chi connectivity index (χ1v) is 12.6. The molecule has 0 unspecified atom stereocenters. The third-order valence-corrected chi connectivity index (χ3v) is 8.16. The van der Waals surface area contributed by atoms with E-state index in [0.717, 1.165) is 32.1 Å². The number of hydrogen-bond donors (Lipinski definition) is 1. The third-order valence-electron chi connectivity index (χ3n) is 5.69. The smallest absolute Gasteiger partial charge is 0.322 e. The number of nitrogens with one attached hydrogen (secondary N) is 1. The van der Waals surface area contributed by atoms with Gasteiger partial charge in [-0.1, -0.05) is 47.6 Å². The highest BCUT2D eigenvalue weighted by Gasteiger charge is 2.29. The molecule has 1 N–H and O–H groups in total. The van der Waals surface area contributed by atoms with Gasteiger partial charge >= 0.3 is 6.01 Å². The summed E-state index contributed by atoms with van der Waals surface area (Å²) >= 11 is 12.0. The average molecular weight is 509 g/mol. The van der Waals surface area contributed by atoms with Crippen molar-refractivity contribution < 1.29 is 17.6 Å². The van der Waals surface area contributed by atoms with Crippen LogP contribution in [0.1, 0.15) is 42.5 Å². The quantitative estimate of drug-likeness (QED) is 0.487. The van der Waals surface area contributed by atoms with Crippen LogP contribution >= 0.6 is 23.2 Å². The Labute approximate surface area is 201 Å². The SMILES string of the molecule is CN(C1CCCCC1)S(=O)(=O)c1ccc(C(=O)Nc2nnc(-c3ccc(Cl)cc3Cl)o2)cc1. The van der Waals surface area contributed by atoms with Gasteiger partial charge in [-0.2, -0.15) is 4.31 Å². The molecule has 11 heteroatoms. The highest BCUT2D eigenvalue weighted by Crippen LogP contribution is 2.30. The van der Waals surface area contributed by atoms with Gasteiger partial charge in [0.1, 0.15) is 0 Å². The Morgan fingerprint density at radius 2 is 1.76 bits per heavy atom. The molecule has 0 spiro atoms. The monoisotopic (exact) mass is 508 g/mol. The van der Waals surface area contributed by atoms with E-state index in [9.17, 15) is 13.2 Å². The summed E-state index contributed by atoms with van der Waals surface area (Å²) in [4.78, 5) is 12.7. The van der Waals surface area contributed by atoms with Gasteiger partial charge in [0.2, 0.25) is 10.0 Å². The normalized spacial score (nSPS) is 15.0. The van der Waals surface area contributed by atoms with Crippen molar-refractivity contribution in [3.63, 3.8) is 0 Å². The van der Waals surface area contributed by atoms with Crippen molar-refractivity contribution >= 4 is 45.1 Å². The molecule has 0 radical (unpaired) electrons. The number of benzene rings is 2. The molecular formula is C22H22Cl2N4O4S. The van der Waals surface area contributed by atoms with E-state index in [0.29, 0.717) is 15.6 Å². The molecule has 8 nitrogen and oxygen atoms in total. The van der Waals surface area contributed by atoms with Crippen LogP contribution in [0, 0.1) is 0 Å². The molecule has 3 aromatic rings. The Balaban J connectivity index is 1.45. The number of carbonyl (C=O) groups excluding carboxylic acids is 1. The van der Waals surface area contributed by atoms with Gasteiger partial charge < -0.3 is 4.42 Å². The van der Waals surface area contributed by atoms with Crippen LogP contribution in [-0.4, -0.2) is 41.9 Å². The van der Waals surface area contributed by atoms with Crippen molar-refractivity contribution in [1.82, 2.24) is 14.5 Å². The van der Waals surface area contributed by atoms with Crippen LogP contribution in [0.2, 0.25) is 10.0 Å². The predicted octanol–water partition coefficient (Wildman–Crippen LogP) is 5.25. The Morgan fingerprint density at radius 1 is 1.06 bits per heavy atom. The molecule has 1 aliphatic carbocycles. The summed E-state index contributed by atoms with van der Waals surface area (Å²) in [5.74, 6) is -0.392. The summed E-state index contributed by atoms with van der Waals surface area (Å²) < 4.78 is 32.8. The van der Waals surface area contributed by atoms with Crippen molar-refractivity contribution in [2.75, 3.05) is 12.4 Å². The van der Waals surface area contributed by atoms with E-state index >= 15 is 0 Å². The molecule has 0 saturated heterocycles. The van der Waals surface area contributed by atoms with Gasteiger partial charge in [-0.3, -0.25) is 10.1 Å². The fraction of sp³-hybridized carbons (Fsp3) is 0.318. The maximum absolute atomic E-state index is 13.0. The number of amides is 1. The number of aromatic nitrogens is 2. The molecule has 174 valence electrons. The topological polar surface area (TPSA) is 105 Å². The number of hydrogen-bond acceptors (Lipinski definition) is 6. The fourth-order valence-electron chi connectivity index (χ4n) is 3.80. The van der Waals surface area contributed by atoms with Gasteiger partial charge in [0.05, 0.1) is 15.5 Å². The zero-order valence-electron chi connectivity index (χ0n) is 17.8. The highest BCUT2D eigenvalue weighted by atomic mass is 35.5. The molecule has 4 rings (SSSR count). The molecule has 1 fully saturated rings. The third kappa shape index (κ3) is 5.22. The second-order valence-electron chi connectivity index (χ2n) is 7.83. The van der Waals surface area contributed by atoms with E-state index in [1.165, 1.54) is 28.6 Å². The lowest BCUT2D eigenvalue weighted by molar-refractivity contribution is 0.102. The van der Waals surface area contributed by atoms with Crippen molar-refractivity contribution in [2.45, 2.75) is 43.0 Å². The lowest BCUT2D eigenvalue weighted by Gasteiger charge is -2.30. The summed E-state index contributed by atoms with van der Waals surface area (Å²) in [7, 11) is -2.02. The summed E-state index contributed by atoms with van der Waals surface area (Å²) in [6.07, 6.45) is 4.94. The number of anilines is 1. The lowest BCUT2D eigenvalue weighted by Crippen LogP contribution is -2.38. The van der Waals surface area contributed by atoms with Crippen molar-refractivity contribution in [1.29, 1.82) is 0 Å². The van der Waals surface area contributed by atoms with E-state index < -0.39 is 15.9 Å². The second-order valence-corrected chi connectivity index (χ2v) is 10.7. The molecule has 0 bridgehead atoms. The van der Waals surface area contributed by atoms with Crippen molar-refractivity contribution in [3.8, 4) is 11.5 Å².